The Hall–Kier alpha value is -3.94. The molecule has 7 N–H and O–H groups in total. The van der Waals surface area contributed by atoms with E-state index in [0.29, 0.717) is 22.7 Å². The highest BCUT2D eigenvalue weighted by Crippen LogP contribution is 2.20. The summed E-state index contributed by atoms with van der Waals surface area (Å²) in [6.45, 7) is -0.597. The van der Waals surface area contributed by atoms with Crippen LogP contribution in [0.25, 0.3) is 5.70 Å². The van der Waals surface area contributed by atoms with Crippen LogP contribution < -0.4 is 22.1 Å². The summed E-state index contributed by atoms with van der Waals surface area (Å²) in [6, 6.07) is 11.3. The molecule has 172 valence electrons. The van der Waals surface area contributed by atoms with Gasteiger partial charge in [0.1, 0.15) is 11.9 Å². The fourth-order valence-corrected chi connectivity index (χ4v) is 3.08. The van der Waals surface area contributed by atoms with Crippen molar-refractivity contribution in [3.05, 3.63) is 70.0 Å². The molecule has 33 heavy (non-hydrogen) atoms. The molecule has 0 aliphatic rings. The van der Waals surface area contributed by atoms with Gasteiger partial charge < -0.3 is 27.2 Å². The van der Waals surface area contributed by atoms with E-state index in [2.05, 4.69) is 15.6 Å². The van der Waals surface area contributed by atoms with Gasteiger partial charge in [0.2, 0.25) is 6.41 Å². The van der Waals surface area contributed by atoms with Crippen molar-refractivity contribution < 1.29 is 19.1 Å². The van der Waals surface area contributed by atoms with Crippen molar-refractivity contribution in [3.63, 3.8) is 0 Å². The molecule has 2 rings (SSSR count). The minimum Gasteiger partial charge on any atom is -0.398 e. The van der Waals surface area contributed by atoms with Gasteiger partial charge in [0.05, 0.1) is 41.7 Å². The first-order chi connectivity index (χ1) is 15.8. The van der Waals surface area contributed by atoms with E-state index in [0.717, 1.165) is 6.07 Å². The smallest absolute Gasteiger partial charge is 0.252 e. The van der Waals surface area contributed by atoms with Crippen LogP contribution in [-0.4, -0.2) is 48.9 Å². The first-order valence-corrected chi connectivity index (χ1v) is 10.0. The second kappa shape index (κ2) is 12.2. The van der Waals surface area contributed by atoms with Crippen molar-refractivity contribution in [2.45, 2.75) is 6.04 Å². The number of carbonyl (C=O) groups is 2. The molecule has 0 spiro atoms. The summed E-state index contributed by atoms with van der Waals surface area (Å²) in [5.41, 5.74) is 12.3. The second-order valence-electron chi connectivity index (χ2n) is 6.76. The third kappa shape index (κ3) is 7.03. The highest BCUT2D eigenvalue weighted by atomic mass is 35.5. The molecule has 0 bridgehead atoms. The van der Waals surface area contributed by atoms with E-state index in [1.165, 1.54) is 18.2 Å². The molecule has 0 saturated heterocycles. The zero-order valence-corrected chi connectivity index (χ0v) is 18.1. The van der Waals surface area contributed by atoms with E-state index in [4.69, 9.17) is 28.3 Å². The Morgan fingerprint density at radius 2 is 2.06 bits per heavy atom. The minimum absolute atomic E-state index is 0.00439. The third-order valence-electron chi connectivity index (χ3n) is 4.47. The van der Waals surface area contributed by atoms with Gasteiger partial charge in [-0.15, -0.1) is 0 Å². The largest absolute Gasteiger partial charge is 0.398 e. The maximum Gasteiger partial charge on any atom is 0.252 e. The van der Waals surface area contributed by atoms with Gasteiger partial charge in [-0.05, 0) is 35.9 Å². The Morgan fingerprint density at radius 3 is 2.64 bits per heavy atom. The molecule has 0 heterocycles. The van der Waals surface area contributed by atoms with Crippen LogP contribution in [0, 0.1) is 17.1 Å². The second-order valence-corrected chi connectivity index (χ2v) is 7.20. The van der Waals surface area contributed by atoms with E-state index in [1.807, 2.05) is 0 Å². The molecular formula is C22H22ClFN6O3. The number of hydrogen-bond acceptors (Lipinski definition) is 7. The number of halogens is 2. The average Bonchev–Trinajstić information content (AvgIpc) is 2.79. The lowest BCUT2D eigenvalue weighted by atomic mass is 10.0. The number of nitrogens with one attached hydrogen (secondary N) is 2. The van der Waals surface area contributed by atoms with Crippen LogP contribution in [0.15, 0.2) is 53.0 Å². The number of rotatable bonds is 11. The first-order valence-electron chi connectivity index (χ1n) is 9.64. The van der Waals surface area contributed by atoms with E-state index in [1.54, 1.807) is 24.3 Å². The van der Waals surface area contributed by atoms with Gasteiger partial charge in [-0.2, -0.15) is 5.26 Å². The molecule has 0 aromatic heterocycles. The summed E-state index contributed by atoms with van der Waals surface area (Å²) in [6.07, 6.45) is 0.412. The summed E-state index contributed by atoms with van der Waals surface area (Å²) >= 11 is 6.00. The molecule has 1 unspecified atom stereocenters. The number of carbonyl (C=O) groups excluding carboxylic acids is 2. The molecule has 0 radical (unpaired) electrons. The van der Waals surface area contributed by atoms with Crippen LogP contribution in [-0.2, 0) is 9.59 Å². The fourth-order valence-electron chi connectivity index (χ4n) is 2.89. The predicted molar refractivity (Wildman–Crippen MR) is 124 cm³/mol. The maximum absolute atomic E-state index is 13.8. The number of aliphatic hydroxyl groups is 1. The van der Waals surface area contributed by atoms with Gasteiger partial charge in [0.15, 0.2) is 0 Å². The van der Waals surface area contributed by atoms with Crippen LogP contribution in [0.2, 0.25) is 5.02 Å². The monoisotopic (exact) mass is 472 g/mol. The van der Waals surface area contributed by atoms with Crippen molar-refractivity contribution in [3.8, 4) is 6.07 Å². The summed E-state index contributed by atoms with van der Waals surface area (Å²) in [5, 5.41) is 24.3. The lowest BCUT2D eigenvalue weighted by Gasteiger charge is -2.17. The number of nitrogens with two attached hydrogens (primary N) is 2. The zero-order valence-electron chi connectivity index (χ0n) is 17.4. The molecule has 0 aliphatic carbocycles. The Kier molecular flexibility index (Phi) is 9.35. The molecule has 11 heteroatoms. The van der Waals surface area contributed by atoms with Gasteiger partial charge in [-0.3, -0.25) is 14.6 Å². The summed E-state index contributed by atoms with van der Waals surface area (Å²) in [4.78, 5) is 27.5. The molecule has 1 atom stereocenters. The molecule has 9 nitrogen and oxygen atoms in total. The zero-order chi connectivity index (χ0) is 24.4. The number of nitrogens with zero attached hydrogens (tertiary/aromatic N) is 2. The van der Waals surface area contributed by atoms with Crippen LogP contribution in [0.5, 0.6) is 0 Å². The van der Waals surface area contributed by atoms with Crippen molar-refractivity contribution in [2.24, 2.45) is 16.5 Å². The van der Waals surface area contributed by atoms with Crippen molar-refractivity contribution >= 4 is 41.0 Å². The van der Waals surface area contributed by atoms with Crippen molar-refractivity contribution in [1.82, 2.24) is 5.32 Å². The molecule has 0 saturated carbocycles. The Balaban J connectivity index is 2.39. The van der Waals surface area contributed by atoms with Gasteiger partial charge in [-0.25, -0.2) is 4.39 Å². The lowest BCUT2D eigenvalue weighted by Crippen LogP contribution is -2.34. The quantitative estimate of drug-likeness (QED) is 0.187. The van der Waals surface area contributed by atoms with Gasteiger partial charge in [0, 0.05) is 17.3 Å². The minimum atomic E-state index is -0.891. The van der Waals surface area contributed by atoms with Crippen LogP contribution >= 0.6 is 11.6 Å². The van der Waals surface area contributed by atoms with Crippen LogP contribution in [0.3, 0.4) is 0 Å². The number of anilines is 1. The number of aliphatic imine (C=N–C) groups is 1. The van der Waals surface area contributed by atoms with Gasteiger partial charge in [-0.1, -0.05) is 23.7 Å². The fraction of sp³-hybridized carbons (Fsp3) is 0.182. The highest BCUT2D eigenvalue weighted by molar-refractivity contribution is 6.31. The Labute approximate surface area is 194 Å². The number of benzene rings is 2. The summed E-state index contributed by atoms with van der Waals surface area (Å²) < 4.78 is 13.8. The highest BCUT2D eigenvalue weighted by Gasteiger charge is 2.20. The topological polar surface area (TPSA) is 167 Å². The van der Waals surface area contributed by atoms with Crippen LogP contribution in [0.4, 0.5) is 10.1 Å². The standard InChI is InChI=1S/C22H22ClFN6O3/c23-15-3-1-2-13(6-15)21(26)20(22(27)33)19(10-28-12-32)30-17(11-31)9-29-16-5-4-14(8-25)18(24)7-16/h1-7,12,17,29,31H,9-11,26H2,(H2,27,33)(H,28,32). The van der Waals surface area contributed by atoms with Crippen LogP contribution in [0.1, 0.15) is 11.1 Å². The van der Waals surface area contributed by atoms with Gasteiger partial charge in [0.25, 0.3) is 5.91 Å². The number of primary amides is 1. The molecule has 2 aromatic rings. The number of amides is 2. The van der Waals surface area contributed by atoms with Crippen molar-refractivity contribution in [1.29, 1.82) is 5.26 Å². The molecule has 0 fully saturated rings. The third-order valence-corrected chi connectivity index (χ3v) is 4.71. The molecular weight excluding hydrogens is 451 g/mol. The number of aliphatic hydroxyl groups excluding tert-OH is 1. The SMILES string of the molecule is N#Cc1ccc(NCC(CO)N=C(CNC=O)C(C(N)=O)=C(N)c2cccc(Cl)c2)cc1F. The van der Waals surface area contributed by atoms with Gasteiger partial charge >= 0.3 is 0 Å². The maximum atomic E-state index is 13.8. The first kappa shape index (κ1) is 25.3. The predicted octanol–water partition coefficient (Wildman–Crippen LogP) is 1.17. The summed E-state index contributed by atoms with van der Waals surface area (Å²) in [7, 11) is 0. The molecule has 0 aliphatic heterocycles. The molecule has 2 amide bonds. The number of hydrogen-bond donors (Lipinski definition) is 5. The van der Waals surface area contributed by atoms with E-state index in [9.17, 15) is 19.1 Å². The Bertz CT molecular complexity index is 1130. The Morgan fingerprint density at radius 1 is 1.30 bits per heavy atom. The average molecular weight is 473 g/mol. The van der Waals surface area contributed by atoms with E-state index in [-0.39, 0.29) is 35.6 Å². The molecule has 2 aromatic carbocycles. The number of nitriles is 1. The van der Waals surface area contributed by atoms with E-state index < -0.39 is 24.4 Å². The van der Waals surface area contributed by atoms with E-state index >= 15 is 0 Å². The lowest BCUT2D eigenvalue weighted by molar-refractivity contribution is -0.114. The summed E-state index contributed by atoms with van der Waals surface area (Å²) in [5.74, 6) is -1.59. The van der Waals surface area contributed by atoms with Crippen molar-refractivity contribution in [2.75, 3.05) is 25.0 Å². The normalized spacial score (nSPS) is 12.8.